The lowest BCUT2D eigenvalue weighted by Crippen LogP contribution is -2.53. The van der Waals surface area contributed by atoms with Gasteiger partial charge in [0.2, 0.25) is 10.0 Å². The maximum atomic E-state index is 11.6. The lowest BCUT2D eigenvalue weighted by molar-refractivity contribution is 0.117. The molecule has 1 rings (SSSR count). The molecule has 0 aromatic rings. The molecule has 1 fully saturated rings. The fourth-order valence-electron chi connectivity index (χ4n) is 1.55. The van der Waals surface area contributed by atoms with Crippen molar-refractivity contribution in [2.24, 2.45) is 0 Å². The topological polar surface area (TPSA) is 57.6 Å². The van der Waals surface area contributed by atoms with E-state index in [1.54, 1.807) is 13.8 Å². The highest BCUT2D eigenvalue weighted by molar-refractivity contribution is 7.89. The molecular weight excluding hydrogens is 190 g/mol. The SMILES string of the molecule is CC(C)(CO)N1CCCCS1(=O)=O. The number of hydrogen-bond acceptors (Lipinski definition) is 3. The van der Waals surface area contributed by atoms with Crippen molar-refractivity contribution in [3.05, 3.63) is 0 Å². The van der Waals surface area contributed by atoms with Gasteiger partial charge in [-0.2, -0.15) is 4.31 Å². The summed E-state index contributed by atoms with van der Waals surface area (Å²) in [6.45, 7) is 3.90. The Kier molecular flexibility index (Phi) is 2.99. The Bertz CT molecular complexity index is 271. The summed E-state index contributed by atoms with van der Waals surface area (Å²) < 4.78 is 24.6. The molecule has 1 saturated heterocycles. The minimum Gasteiger partial charge on any atom is -0.394 e. The van der Waals surface area contributed by atoms with Crippen LogP contribution in [0.15, 0.2) is 0 Å². The van der Waals surface area contributed by atoms with Crippen molar-refractivity contribution in [3.63, 3.8) is 0 Å². The standard InChI is InChI=1S/C8H17NO3S/c1-8(2,7-10)9-5-3-4-6-13(9,11)12/h10H,3-7H2,1-2H3. The third-order valence-corrected chi connectivity index (χ3v) is 4.56. The number of aliphatic hydroxyl groups is 1. The second-order valence-electron chi connectivity index (χ2n) is 4.07. The molecule has 1 N–H and O–H groups in total. The molecule has 0 aromatic heterocycles. The molecule has 1 heterocycles. The van der Waals surface area contributed by atoms with Crippen LogP contribution in [0.2, 0.25) is 0 Å². The van der Waals surface area contributed by atoms with E-state index < -0.39 is 15.6 Å². The molecule has 0 atom stereocenters. The summed E-state index contributed by atoms with van der Waals surface area (Å²) >= 11 is 0. The highest BCUT2D eigenvalue weighted by atomic mass is 32.2. The Morgan fingerprint density at radius 3 is 2.46 bits per heavy atom. The molecule has 1 aliphatic rings. The first-order valence-corrected chi connectivity index (χ1v) is 6.12. The molecular formula is C8H17NO3S. The number of nitrogens with zero attached hydrogens (tertiary/aromatic N) is 1. The summed E-state index contributed by atoms with van der Waals surface area (Å²) in [7, 11) is -3.12. The van der Waals surface area contributed by atoms with Gasteiger partial charge in [0.25, 0.3) is 0 Å². The van der Waals surface area contributed by atoms with E-state index in [-0.39, 0.29) is 12.4 Å². The Labute approximate surface area is 79.6 Å². The van der Waals surface area contributed by atoms with E-state index in [1.165, 1.54) is 4.31 Å². The van der Waals surface area contributed by atoms with Gasteiger partial charge in [0, 0.05) is 6.54 Å². The maximum absolute atomic E-state index is 11.6. The van der Waals surface area contributed by atoms with Gasteiger partial charge in [0.05, 0.1) is 17.9 Å². The van der Waals surface area contributed by atoms with Gasteiger partial charge in [-0.1, -0.05) is 0 Å². The highest BCUT2D eigenvalue weighted by Gasteiger charge is 2.37. The molecule has 0 radical (unpaired) electrons. The summed E-state index contributed by atoms with van der Waals surface area (Å²) in [6, 6.07) is 0. The third-order valence-electron chi connectivity index (χ3n) is 2.41. The average Bonchev–Trinajstić information content (AvgIpc) is 2.03. The van der Waals surface area contributed by atoms with Crippen LogP contribution in [0.1, 0.15) is 26.7 Å². The number of sulfonamides is 1. The molecule has 0 spiro atoms. The van der Waals surface area contributed by atoms with Gasteiger partial charge in [-0.25, -0.2) is 8.42 Å². The molecule has 5 heteroatoms. The molecule has 0 aromatic carbocycles. The summed E-state index contributed by atoms with van der Waals surface area (Å²) in [5.41, 5.74) is -0.654. The first kappa shape index (κ1) is 10.9. The van der Waals surface area contributed by atoms with Crippen molar-refractivity contribution in [2.45, 2.75) is 32.2 Å². The quantitative estimate of drug-likeness (QED) is 0.703. The largest absolute Gasteiger partial charge is 0.394 e. The fraction of sp³-hybridized carbons (Fsp3) is 1.00. The Hall–Kier alpha value is -0.130. The van der Waals surface area contributed by atoms with Crippen LogP contribution in [-0.2, 0) is 10.0 Å². The molecule has 0 unspecified atom stereocenters. The zero-order chi connectivity index (χ0) is 10.1. The first-order valence-electron chi connectivity index (χ1n) is 4.51. The molecule has 0 bridgehead atoms. The van der Waals surface area contributed by atoms with Crippen molar-refractivity contribution >= 4 is 10.0 Å². The van der Waals surface area contributed by atoms with E-state index in [9.17, 15) is 8.42 Å². The minimum absolute atomic E-state index is 0.133. The van der Waals surface area contributed by atoms with E-state index in [0.29, 0.717) is 6.54 Å². The van der Waals surface area contributed by atoms with E-state index in [0.717, 1.165) is 12.8 Å². The smallest absolute Gasteiger partial charge is 0.214 e. The van der Waals surface area contributed by atoms with Crippen LogP contribution in [0.5, 0.6) is 0 Å². The number of hydrogen-bond donors (Lipinski definition) is 1. The van der Waals surface area contributed by atoms with E-state index in [1.807, 2.05) is 0 Å². The molecule has 0 amide bonds. The van der Waals surface area contributed by atoms with Crippen LogP contribution in [-0.4, -0.2) is 42.3 Å². The van der Waals surface area contributed by atoms with Crippen LogP contribution >= 0.6 is 0 Å². The van der Waals surface area contributed by atoms with E-state index >= 15 is 0 Å². The Balaban J connectivity index is 2.89. The third kappa shape index (κ3) is 2.21. The lowest BCUT2D eigenvalue weighted by atomic mass is 10.1. The zero-order valence-corrected chi connectivity index (χ0v) is 8.97. The summed E-state index contributed by atoms with van der Waals surface area (Å²) in [5.74, 6) is 0.219. The van der Waals surface area contributed by atoms with Crippen LogP contribution in [0.4, 0.5) is 0 Å². The van der Waals surface area contributed by atoms with E-state index in [2.05, 4.69) is 0 Å². The molecule has 13 heavy (non-hydrogen) atoms. The monoisotopic (exact) mass is 207 g/mol. The predicted molar refractivity (Wildman–Crippen MR) is 50.9 cm³/mol. The summed E-state index contributed by atoms with van der Waals surface area (Å²) in [4.78, 5) is 0. The van der Waals surface area contributed by atoms with Gasteiger partial charge in [0.15, 0.2) is 0 Å². The molecule has 1 aliphatic heterocycles. The van der Waals surface area contributed by atoms with Crippen LogP contribution in [0, 0.1) is 0 Å². The molecule has 0 saturated carbocycles. The maximum Gasteiger partial charge on any atom is 0.214 e. The average molecular weight is 207 g/mol. The second kappa shape index (κ2) is 3.55. The van der Waals surface area contributed by atoms with Crippen molar-refractivity contribution in [1.82, 2.24) is 4.31 Å². The van der Waals surface area contributed by atoms with Crippen LogP contribution in [0.25, 0.3) is 0 Å². The van der Waals surface area contributed by atoms with Gasteiger partial charge in [-0.05, 0) is 26.7 Å². The van der Waals surface area contributed by atoms with Gasteiger partial charge in [-0.15, -0.1) is 0 Å². The second-order valence-corrected chi connectivity index (χ2v) is 6.08. The van der Waals surface area contributed by atoms with E-state index in [4.69, 9.17) is 5.11 Å². The zero-order valence-electron chi connectivity index (χ0n) is 8.15. The summed E-state index contributed by atoms with van der Waals surface area (Å²) in [6.07, 6.45) is 1.63. The van der Waals surface area contributed by atoms with Crippen LogP contribution < -0.4 is 0 Å². The van der Waals surface area contributed by atoms with Gasteiger partial charge in [0.1, 0.15) is 0 Å². The van der Waals surface area contributed by atoms with Crippen LogP contribution in [0.3, 0.4) is 0 Å². The Morgan fingerprint density at radius 2 is 2.00 bits per heavy atom. The predicted octanol–water partition coefficient (Wildman–Crippen LogP) is 0.183. The van der Waals surface area contributed by atoms with Gasteiger partial charge >= 0.3 is 0 Å². The normalized spacial score (nSPS) is 24.5. The first-order chi connectivity index (χ1) is 5.90. The highest BCUT2D eigenvalue weighted by Crippen LogP contribution is 2.23. The van der Waals surface area contributed by atoms with Crippen molar-refractivity contribution in [2.75, 3.05) is 18.9 Å². The minimum atomic E-state index is -3.12. The molecule has 4 nitrogen and oxygen atoms in total. The molecule has 0 aliphatic carbocycles. The van der Waals surface area contributed by atoms with Gasteiger partial charge < -0.3 is 5.11 Å². The number of aliphatic hydroxyl groups excluding tert-OH is 1. The number of rotatable bonds is 2. The van der Waals surface area contributed by atoms with Crippen molar-refractivity contribution in [3.8, 4) is 0 Å². The molecule has 78 valence electrons. The van der Waals surface area contributed by atoms with Crippen molar-refractivity contribution < 1.29 is 13.5 Å². The Morgan fingerprint density at radius 1 is 1.38 bits per heavy atom. The van der Waals surface area contributed by atoms with Crippen molar-refractivity contribution in [1.29, 1.82) is 0 Å². The van der Waals surface area contributed by atoms with Gasteiger partial charge in [-0.3, -0.25) is 0 Å². The fourth-order valence-corrected chi connectivity index (χ4v) is 3.55. The summed E-state index contributed by atoms with van der Waals surface area (Å²) in [5, 5.41) is 9.07. The lowest BCUT2D eigenvalue weighted by Gasteiger charge is -2.38.